The lowest BCUT2D eigenvalue weighted by atomic mass is 9.86. The Morgan fingerprint density at radius 3 is 2.40 bits per heavy atom. The molecular weight excluding hydrogens is 318 g/mol. The molecule has 1 amide bonds. The molecule has 0 aromatic heterocycles. The highest BCUT2D eigenvalue weighted by Crippen LogP contribution is 2.22. The van der Waals surface area contributed by atoms with E-state index >= 15 is 0 Å². The number of nitro benzene ring substituents is 1. The molecule has 0 fully saturated rings. The molecule has 0 radical (unpaired) electrons. The predicted octanol–water partition coefficient (Wildman–Crippen LogP) is 3.59. The number of para-hydroxylation sites is 1. The van der Waals surface area contributed by atoms with E-state index < -0.39 is 4.92 Å². The van der Waals surface area contributed by atoms with Gasteiger partial charge >= 0.3 is 0 Å². The number of carbonyl (C=O) groups is 1. The Morgan fingerprint density at radius 2 is 1.80 bits per heavy atom. The lowest BCUT2D eigenvalue weighted by molar-refractivity contribution is -0.385. The first kappa shape index (κ1) is 18.3. The minimum absolute atomic E-state index is 0.0572. The number of hydrogen-bond donors (Lipinski definition) is 1. The van der Waals surface area contributed by atoms with Crippen LogP contribution in [0, 0.1) is 10.1 Å². The van der Waals surface area contributed by atoms with Gasteiger partial charge in [0.2, 0.25) is 5.91 Å². The van der Waals surface area contributed by atoms with E-state index in [2.05, 4.69) is 31.3 Å². The molecule has 2 aromatic carbocycles. The van der Waals surface area contributed by atoms with Crippen LogP contribution in [-0.2, 0) is 16.6 Å². The summed E-state index contributed by atoms with van der Waals surface area (Å²) in [6.45, 7) is 6.39. The molecule has 0 atom stereocenters. The van der Waals surface area contributed by atoms with Gasteiger partial charge in [0.25, 0.3) is 5.69 Å². The van der Waals surface area contributed by atoms with Gasteiger partial charge in [-0.3, -0.25) is 14.9 Å². The predicted molar refractivity (Wildman–Crippen MR) is 97.7 cm³/mol. The van der Waals surface area contributed by atoms with Gasteiger partial charge in [0.15, 0.2) is 0 Å². The summed E-state index contributed by atoms with van der Waals surface area (Å²) in [5, 5.41) is 14.7. The molecule has 0 saturated carbocycles. The van der Waals surface area contributed by atoms with Crippen molar-refractivity contribution in [2.75, 3.05) is 0 Å². The number of hydrogen-bond acceptors (Lipinski definition) is 4. The summed E-state index contributed by atoms with van der Waals surface area (Å²) in [5.41, 5.74) is 4.82. The Kier molecular flexibility index (Phi) is 5.64. The standard InChI is InChI=1S/C19H21N3O3/c1-19(2,3)16-10-8-14(9-11-16)12-18(23)21-20-13-15-6-4-5-7-17(15)22(24)25/h4-11,13H,12H2,1-3H3,(H,21,23)/b20-13-. The van der Waals surface area contributed by atoms with E-state index in [-0.39, 0.29) is 23.4 Å². The molecule has 6 nitrogen and oxygen atoms in total. The maximum atomic E-state index is 11.9. The molecule has 0 aliphatic heterocycles. The Bertz CT molecular complexity index is 790. The Labute approximate surface area is 146 Å². The maximum absolute atomic E-state index is 11.9. The number of hydrazone groups is 1. The van der Waals surface area contributed by atoms with Gasteiger partial charge in [-0.05, 0) is 22.6 Å². The van der Waals surface area contributed by atoms with Crippen LogP contribution in [0.5, 0.6) is 0 Å². The van der Waals surface area contributed by atoms with Crippen molar-refractivity contribution >= 4 is 17.8 Å². The first-order valence-corrected chi connectivity index (χ1v) is 7.92. The SMILES string of the molecule is CC(C)(C)c1ccc(CC(=O)N/N=C\c2ccccc2[N+](=O)[O-])cc1. The van der Waals surface area contributed by atoms with E-state index in [0.29, 0.717) is 5.56 Å². The van der Waals surface area contributed by atoms with Crippen molar-refractivity contribution in [3.05, 3.63) is 75.3 Å². The zero-order valence-corrected chi connectivity index (χ0v) is 14.5. The minimum Gasteiger partial charge on any atom is -0.273 e. The highest BCUT2D eigenvalue weighted by atomic mass is 16.6. The third-order valence-electron chi connectivity index (χ3n) is 3.71. The second-order valence-corrected chi connectivity index (χ2v) is 6.73. The molecule has 0 aliphatic carbocycles. The summed E-state index contributed by atoms with van der Waals surface area (Å²) in [7, 11) is 0. The van der Waals surface area contributed by atoms with Crippen molar-refractivity contribution in [1.82, 2.24) is 5.43 Å². The monoisotopic (exact) mass is 339 g/mol. The molecule has 0 bridgehead atoms. The van der Waals surface area contributed by atoms with E-state index in [4.69, 9.17) is 0 Å². The highest BCUT2D eigenvalue weighted by molar-refractivity contribution is 5.86. The smallest absolute Gasteiger partial charge is 0.273 e. The van der Waals surface area contributed by atoms with Crippen LogP contribution in [0.2, 0.25) is 0 Å². The van der Waals surface area contributed by atoms with Gasteiger partial charge in [0.1, 0.15) is 0 Å². The molecule has 0 heterocycles. The van der Waals surface area contributed by atoms with Crippen molar-refractivity contribution in [3.63, 3.8) is 0 Å². The van der Waals surface area contributed by atoms with Gasteiger partial charge in [-0.2, -0.15) is 5.10 Å². The number of nitrogens with zero attached hydrogens (tertiary/aromatic N) is 2. The average Bonchev–Trinajstić information content (AvgIpc) is 2.55. The summed E-state index contributed by atoms with van der Waals surface area (Å²) >= 11 is 0. The Hall–Kier alpha value is -3.02. The maximum Gasteiger partial charge on any atom is 0.278 e. The van der Waals surface area contributed by atoms with Gasteiger partial charge in [0.05, 0.1) is 23.1 Å². The molecule has 6 heteroatoms. The molecular formula is C19H21N3O3. The molecule has 0 spiro atoms. The summed E-state index contributed by atoms with van der Waals surface area (Å²) in [6.07, 6.45) is 1.47. The fourth-order valence-corrected chi connectivity index (χ4v) is 2.28. The van der Waals surface area contributed by atoms with Gasteiger partial charge in [-0.25, -0.2) is 5.43 Å². The largest absolute Gasteiger partial charge is 0.278 e. The molecule has 0 unspecified atom stereocenters. The molecule has 130 valence electrons. The van der Waals surface area contributed by atoms with Gasteiger partial charge in [-0.15, -0.1) is 0 Å². The number of rotatable bonds is 5. The Balaban J connectivity index is 1.96. The Morgan fingerprint density at radius 1 is 1.16 bits per heavy atom. The first-order valence-electron chi connectivity index (χ1n) is 7.92. The molecule has 0 aliphatic rings. The average molecular weight is 339 g/mol. The van der Waals surface area contributed by atoms with Crippen LogP contribution in [-0.4, -0.2) is 17.0 Å². The third kappa shape index (κ3) is 5.24. The lowest BCUT2D eigenvalue weighted by Gasteiger charge is -2.19. The number of amides is 1. The number of nitrogens with one attached hydrogen (secondary N) is 1. The molecule has 0 saturated heterocycles. The van der Waals surface area contributed by atoms with Crippen molar-refractivity contribution < 1.29 is 9.72 Å². The number of benzene rings is 2. The van der Waals surface area contributed by atoms with Gasteiger partial charge in [0, 0.05) is 6.07 Å². The zero-order valence-electron chi connectivity index (χ0n) is 14.5. The van der Waals surface area contributed by atoms with E-state index in [1.54, 1.807) is 18.2 Å². The van der Waals surface area contributed by atoms with Gasteiger partial charge in [-0.1, -0.05) is 57.2 Å². The van der Waals surface area contributed by atoms with Crippen molar-refractivity contribution in [1.29, 1.82) is 0 Å². The van der Waals surface area contributed by atoms with Crippen molar-refractivity contribution in [3.8, 4) is 0 Å². The molecule has 1 N–H and O–H groups in total. The topological polar surface area (TPSA) is 84.6 Å². The summed E-state index contributed by atoms with van der Waals surface area (Å²) < 4.78 is 0. The van der Waals surface area contributed by atoms with Crippen LogP contribution in [0.15, 0.2) is 53.6 Å². The first-order chi connectivity index (χ1) is 11.8. The van der Waals surface area contributed by atoms with Crippen LogP contribution < -0.4 is 5.43 Å². The highest BCUT2D eigenvalue weighted by Gasteiger charge is 2.13. The van der Waals surface area contributed by atoms with E-state index in [0.717, 1.165) is 5.56 Å². The fourth-order valence-electron chi connectivity index (χ4n) is 2.28. The summed E-state index contributed by atoms with van der Waals surface area (Å²) in [6, 6.07) is 14.1. The third-order valence-corrected chi connectivity index (χ3v) is 3.71. The number of carbonyl (C=O) groups excluding carboxylic acids is 1. The molecule has 25 heavy (non-hydrogen) atoms. The zero-order chi connectivity index (χ0) is 18.4. The minimum atomic E-state index is -0.486. The molecule has 2 aromatic rings. The summed E-state index contributed by atoms with van der Waals surface area (Å²) in [5.74, 6) is -0.279. The second-order valence-electron chi connectivity index (χ2n) is 6.73. The van der Waals surface area contributed by atoms with Crippen molar-refractivity contribution in [2.24, 2.45) is 5.10 Å². The quantitative estimate of drug-likeness (QED) is 0.513. The normalized spacial score (nSPS) is 11.5. The van der Waals surface area contributed by atoms with Crippen LogP contribution in [0.4, 0.5) is 5.69 Å². The van der Waals surface area contributed by atoms with Crippen LogP contribution in [0.3, 0.4) is 0 Å². The van der Waals surface area contributed by atoms with Gasteiger partial charge < -0.3 is 0 Å². The number of nitro groups is 1. The van der Waals surface area contributed by atoms with Crippen LogP contribution >= 0.6 is 0 Å². The van der Waals surface area contributed by atoms with Crippen LogP contribution in [0.25, 0.3) is 0 Å². The second kappa shape index (κ2) is 7.70. The fraction of sp³-hybridized carbons (Fsp3) is 0.263. The summed E-state index contributed by atoms with van der Waals surface area (Å²) in [4.78, 5) is 22.4. The lowest BCUT2D eigenvalue weighted by Crippen LogP contribution is -2.20. The van der Waals surface area contributed by atoms with Crippen LogP contribution in [0.1, 0.15) is 37.5 Å². The van der Waals surface area contributed by atoms with E-state index in [9.17, 15) is 14.9 Å². The van der Waals surface area contributed by atoms with E-state index in [1.807, 2.05) is 24.3 Å². The van der Waals surface area contributed by atoms with Crippen molar-refractivity contribution in [2.45, 2.75) is 32.6 Å². The van der Waals surface area contributed by atoms with E-state index in [1.165, 1.54) is 17.8 Å². The molecule has 2 rings (SSSR count).